The van der Waals surface area contributed by atoms with Crippen molar-refractivity contribution in [1.29, 1.82) is 0 Å². The highest BCUT2D eigenvalue weighted by molar-refractivity contribution is 5.92. The Morgan fingerprint density at radius 3 is 2.87 bits per heavy atom. The van der Waals surface area contributed by atoms with E-state index in [1.54, 1.807) is 7.11 Å². The molecule has 0 aromatic carbocycles. The Morgan fingerprint density at radius 2 is 2.40 bits per heavy atom. The summed E-state index contributed by atoms with van der Waals surface area (Å²) >= 11 is 0. The molecule has 0 bridgehead atoms. The zero-order valence-corrected chi connectivity index (χ0v) is 8.60. The predicted octanol–water partition coefficient (Wildman–Crippen LogP) is 0.334. The molecule has 6 nitrogen and oxygen atoms in total. The summed E-state index contributed by atoms with van der Waals surface area (Å²) in [5, 5.41) is 8.70. The minimum atomic E-state index is -1.13. The number of nitrogen functional groups attached to an aromatic ring is 1. The number of carboxylic acids is 1. The average Bonchev–Trinajstić information content (AvgIpc) is 2.17. The van der Waals surface area contributed by atoms with Crippen LogP contribution in [0.1, 0.15) is 23.1 Å². The molecule has 1 aromatic rings. The highest BCUT2D eigenvalue weighted by Crippen LogP contribution is 2.08. The van der Waals surface area contributed by atoms with E-state index in [2.05, 4.69) is 9.97 Å². The van der Waals surface area contributed by atoms with Crippen LogP contribution in [-0.4, -0.2) is 34.3 Å². The molecule has 1 unspecified atom stereocenters. The molecule has 1 aromatic heterocycles. The molecule has 1 atom stereocenters. The molecule has 0 saturated heterocycles. The van der Waals surface area contributed by atoms with Gasteiger partial charge in [-0.15, -0.1) is 0 Å². The van der Waals surface area contributed by atoms with Crippen LogP contribution in [0.5, 0.6) is 0 Å². The van der Waals surface area contributed by atoms with Gasteiger partial charge in [-0.2, -0.15) is 0 Å². The molecule has 6 heteroatoms. The number of anilines is 1. The minimum absolute atomic E-state index is 0.0178. The van der Waals surface area contributed by atoms with Crippen molar-refractivity contribution in [1.82, 2.24) is 9.97 Å². The lowest BCUT2D eigenvalue weighted by Gasteiger charge is -2.08. The van der Waals surface area contributed by atoms with Crippen molar-refractivity contribution in [2.75, 3.05) is 12.8 Å². The van der Waals surface area contributed by atoms with Crippen LogP contribution in [0, 0.1) is 0 Å². The van der Waals surface area contributed by atoms with Gasteiger partial charge in [-0.05, 0) is 6.92 Å². The van der Waals surface area contributed by atoms with Crippen molar-refractivity contribution in [2.24, 2.45) is 0 Å². The summed E-state index contributed by atoms with van der Waals surface area (Å²) in [4.78, 5) is 18.4. The Balaban J connectivity index is 2.87. The van der Waals surface area contributed by atoms with Crippen molar-refractivity contribution in [3.05, 3.63) is 17.6 Å². The fourth-order valence-corrected chi connectivity index (χ4v) is 1.04. The van der Waals surface area contributed by atoms with Crippen LogP contribution in [-0.2, 0) is 11.2 Å². The number of nitrogens with zero attached hydrogens (tertiary/aromatic N) is 2. The molecular weight excluding hydrogens is 198 g/mol. The van der Waals surface area contributed by atoms with Gasteiger partial charge in [0.2, 0.25) is 0 Å². The maximum atomic E-state index is 10.6. The highest BCUT2D eigenvalue weighted by atomic mass is 16.5. The number of carbonyl (C=O) groups is 1. The number of nitrogens with two attached hydrogens (primary N) is 1. The lowest BCUT2D eigenvalue weighted by Crippen LogP contribution is -2.14. The van der Waals surface area contributed by atoms with E-state index in [-0.39, 0.29) is 17.5 Å². The van der Waals surface area contributed by atoms with Crippen LogP contribution in [0.25, 0.3) is 0 Å². The monoisotopic (exact) mass is 211 g/mol. The molecule has 82 valence electrons. The van der Waals surface area contributed by atoms with E-state index in [9.17, 15) is 4.79 Å². The van der Waals surface area contributed by atoms with Crippen LogP contribution in [0.15, 0.2) is 6.20 Å². The summed E-state index contributed by atoms with van der Waals surface area (Å²) in [5.41, 5.74) is 5.39. The van der Waals surface area contributed by atoms with Crippen LogP contribution in [0.3, 0.4) is 0 Å². The molecule has 0 fully saturated rings. The van der Waals surface area contributed by atoms with Gasteiger partial charge >= 0.3 is 5.97 Å². The van der Waals surface area contributed by atoms with Gasteiger partial charge < -0.3 is 15.6 Å². The maximum absolute atomic E-state index is 10.6. The second-order valence-corrected chi connectivity index (χ2v) is 3.14. The van der Waals surface area contributed by atoms with E-state index in [4.69, 9.17) is 15.6 Å². The number of methoxy groups -OCH3 is 1. The Bertz CT molecular complexity index is 368. The van der Waals surface area contributed by atoms with Crippen LogP contribution in [0.4, 0.5) is 5.82 Å². The Kier molecular flexibility index (Phi) is 3.56. The quantitative estimate of drug-likeness (QED) is 0.744. The minimum Gasteiger partial charge on any atom is -0.477 e. The molecular formula is C9H13N3O3. The first-order valence-electron chi connectivity index (χ1n) is 4.42. The largest absolute Gasteiger partial charge is 0.477 e. The van der Waals surface area contributed by atoms with Crippen molar-refractivity contribution < 1.29 is 14.6 Å². The normalized spacial score (nSPS) is 12.4. The van der Waals surface area contributed by atoms with E-state index < -0.39 is 5.97 Å². The number of aromatic carboxylic acids is 1. The van der Waals surface area contributed by atoms with E-state index in [1.807, 2.05) is 6.92 Å². The lowest BCUT2D eigenvalue weighted by atomic mass is 10.2. The van der Waals surface area contributed by atoms with E-state index in [0.29, 0.717) is 12.2 Å². The molecule has 0 spiro atoms. The standard InChI is InChI=1S/C9H13N3O3/c1-5(15-2)3-7-11-4-6(9(13)14)8(10)12-7/h4-5H,3H2,1-2H3,(H,13,14)(H2,10,11,12). The first-order valence-corrected chi connectivity index (χ1v) is 4.42. The molecule has 0 saturated carbocycles. The van der Waals surface area contributed by atoms with Crippen molar-refractivity contribution in [3.63, 3.8) is 0 Å². The van der Waals surface area contributed by atoms with Crippen LogP contribution < -0.4 is 5.73 Å². The van der Waals surface area contributed by atoms with Gasteiger partial charge in [0.15, 0.2) is 0 Å². The zero-order chi connectivity index (χ0) is 11.4. The van der Waals surface area contributed by atoms with Gasteiger partial charge in [-0.3, -0.25) is 0 Å². The Hall–Kier alpha value is -1.69. The number of aromatic nitrogens is 2. The lowest BCUT2D eigenvalue weighted by molar-refractivity contribution is 0.0697. The topological polar surface area (TPSA) is 98.3 Å². The van der Waals surface area contributed by atoms with Gasteiger partial charge in [0, 0.05) is 19.7 Å². The van der Waals surface area contributed by atoms with Crippen molar-refractivity contribution in [2.45, 2.75) is 19.4 Å². The fourth-order valence-electron chi connectivity index (χ4n) is 1.04. The van der Waals surface area contributed by atoms with Gasteiger partial charge in [0.25, 0.3) is 0 Å². The third kappa shape index (κ3) is 2.88. The third-order valence-electron chi connectivity index (χ3n) is 1.97. The smallest absolute Gasteiger partial charge is 0.341 e. The van der Waals surface area contributed by atoms with E-state index in [0.717, 1.165) is 0 Å². The van der Waals surface area contributed by atoms with Crippen LogP contribution >= 0.6 is 0 Å². The molecule has 3 N–H and O–H groups in total. The van der Waals surface area contributed by atoms with Gasteiger partial charge in [-0.1, -0.05) is 0 Å². The summed E-state index contributed by atoms with van der Waals surface area (Å²) in [6, 6.07) is 0. The molecule has 0 radical (unpaired) electrons. The zero-order valence-electron chi connectivity index (χ0n) is 8.60. The van der Waals surface area contributed by atoms with Crippen LogP contribution in [0.2, 0.25) is 0 Å². The fraction of sp³-hybridized carbons (Fsp3) is 0.444. The SMILES string of the molecule is COC(C)Cc1ncc(C(=O)O)c(N)n1. The summed E-state index contributed by atoms with van der Waals surface area (Å²) in [6.07, 6.45) is 1.68. The van der Waals surface area contributed by atoms with Gasteiger partial charge in [-0.25, -0.2) is 14.8 Å². The first kappa shape index (κ1) is 11.4. The molecule has 0 aliphatic carbocycles. The Labute approximate surface area is 87.1 Å². The number of carboxylic acid groups (broad SMARTS) is 1. The van der Waals surface area contributed by atoms with Crippen molar-refractivity contribution in [3.8, 4) is 0 Å². The number of hydrogen-bond acceptors (Lipinski definition) is 5. The van der Waals surface area contributed by atoms with Gasteiger partial charge in [0.05, 0.1) is 6.10 Å². The molecule has 0 aliphatic heterocycles. The molecule has 1 rings (SSSR count). The summed E-state index contributed by atoms with van der Waals surface area (Å²) in [7, 11) is 1.58. The average molecular weight is 211 g/mol. The second-order valence-electron chi connectivity index (χ2n) is 3.14. The van der Waals surface area contributed by atoms with E-state index >= 15 is 0 Å². The molecule has 0 aliphatic rings. The summed E-state index contributed by atoms with van der Waals surface area (Å²) < 4.78 is 5.03. The van der Waals surface area contributed by atoms with Gasteiger partial charge in [0.1, 0.15) is 17.2 Å². The predicted molar refractivity (Wildman–Crippen MR) is 53.6 cm³/mol. The number of rotatable bonds is 4. The van der Waals surface area contributed by atoms with Crippen molar-refractivity contribution >= 4 is 11.8 Å². The summed E-state index contributed by atoms with van der Waals surface area (Å²) in [6.45, 7) is 1.87. The maximum Gasteiger partial charge on any atom is 0.341 e. The summed E-state index contributed by atoms with van der Waals surface area (Å²) in [5.74, 6) is -0.665. The third-order valence-corrected chi connectivity index (χ3v) is 1.97. The number of ether oxygens (including phenoxy) is 1. The molecule has 1 heterocycles. The molecule has 15 heavy (non-hydrogen) atoms. The highest BCUT2D eigenvalue weighted by Gasteiger charge is 2.12. The molecule has 0 amide bonds. The first-order chi connectivity index (χ1) is 7.04. The second kappa shape index (κ2) is 4.70. The number of hydrogen-bond donors (Lipinski definition) is 2. The Morgan fingerprint density at radius 1 is 1.73 bits per heavy atom. The van der Waals surface area contributed by atoms with E-state index in [1.165, 1.54) is 6.20 Å².